The van der Waals surface area contributed by atoms with Crippen LogP contribution in [0.15, 0.2) is 57.7 Å². The Morgan fingerprint density at radius 2 is 1.80 bits per heavy atom. The van der Waals surface area contributed by atoms with Crippen LogP contribution in [-0.2, 0) is 4.79 Å². The molecule has 0 radical (unpaired) electrons. The molecule has 0 fully saturated rings. The summed E-state index contributed by atoms with van der Waals surface area (Å²) in [6.45, 7) is 1.28. The summed E-state index contributed by atoms with van der Waals surface area (Å²) in [5, 5.41) is 12.6. The number of aromatic hydroxyl groups is 1. The van der Waals surface area contributed by atoms with Crippen LogP contribution in [0.2, 0.25) is 0 Å². The summed E-state index contributed by atoms with van der Waals surface area (Å²) in [6, 6.07) is 14.0. The van der Waals surface area contributed by atoms with Crippen LogP contribution in [0.5, 0.6) is 11.5 Å². The second kappa shape index (κ2) is 5.63. The standard InChI is InChI=1S/C20H14O5/c1-11(21)10-24-14-8-16(22)19-18(9-14)25-17-7-13-5-3-2-4-12(13)6-15(17)20(19)23/h2-9,22H,10H2,1H3. The average molecular weight is 334 g/mol. The molecule has 0 bridgehead atoms. The van der Waals surface area contributed by atoms with Crippen molar-refractivity contribution in [2.75, 3.05) is 6.61 Å². The van der Waals surface area contributed by atoms with Crippen molar-refractivity contribution in [2.45, 2.75) is 6.92 Å². The van der Waals surface area contributed by atoms with E-state index in [9.17, 15) is 14.7 Å². The first-order valence-corrected chi connectivity index (χ1v) is 7.77. The third-order valence-corrected chi connectivity index (χ3v) is 4.04. The maximum absolute atomic E-state index is 12.8. The number of benzene rings is 3. The van der Waals surface area contributed by atoms with Gasteiger partial charge in [-0.2, -0.15) is 0 Å². The van der Waals surface area contributed by atoms with Gasteiger partial charge in [0, 0.05) is 12.1 Å². The largest absolute Gasteiger partial charge is 0.507 e. The highest BCUT2D eigenvalue weighted by atomic mass is 16.5. The maximum atomic E-state index is 12.8. The Morgan fingerprint density at radius 3 is 2.52 bits per heavy atom. The summed E-state index contributed by atoms with van der Waals surface area (Å²) in [4.78, 5) is 23.9. The fourth-order valence-corrected chi connectivity index (χ4v) is 2.89. The van der Waals surface area contributed by atoms with E-state index in [4.69, 9.17) is 9.15 Å². The highest BCUT2D eigenvalue weighted by Crippen LogP contribution is 2.31. The summed E-state index contributed by atoms with van der Waals surface area (Å²) in [7, 11) is 0. The van der Waals surface area contributed by atoms with Crippen molar-refractivity contribution < 1.29 is 19.1 Å². The number of carbonyl (C=O) groups excluding carboxylic acids is 1. The number of phenols is 1. The van der Waals surface area contributed by atoms with Crippen molar-refractivity contribution in [1.82, 2.24) is 0 Å². The van der Waals surface area contributed by atoms with Crippen LogP contribution in [0.1, 0.15) is 6.92 Å². The van der Waals surface area contributed by atoms with Gasteiger partial charge >= 0.3 is 0 Å². The van der Waals surface area contributed by atoms with Gasteiger partial charge in [-0.15, -0.1) is 0 Å². The van der Waals surface area contributed by atoms with E-state index >= 15 is 0 Å². The predicted molar refractivity (Wildman–Crippen MR) is 95.3 cm³/mol. The number of carbonyl (C=O) groups is 1. The van der Waals surface area contributed by atoms with Crippen molar-refractivity contribution >= 4 is 38.5 Å². The molecule has 25 heavy (non-hydrogen) atoms. The van der Waals surface area contributed by atoms with Crippen molar-refractivity contribution in [3.8, 4) is 11.5 Å². The summed E-state index contributed by atoms with van der Waals surface area (Å²) in [5.74, 6) is -0.116. The van der Waals surface area contributed by atoms with E-state index in [0.29, 0.717) is 11.0 Å². The van der Waals surface area contributed by atoms with E-state index in [1.165, 1.54) is 19.1 Å². The Labute approximate surface area is 142 Å². The Bertz CT molecular complexity index is 1200. The topological polar surface area (TPSA) is 76.7 Å². The number of hydrogen-bond acceptors (Lipinski definition) is 5. The minimum atomic E-state index is -0.308. The second-order valence-corrected chi connectivity index (χ2v) is 5.93. The summed E-state index contributed by atoms with van der Waals surface area (Å²) in [5.41, 5.74) is 0.336. The number of ether oxygens (including phenoxy) is 1. The van der Waals surface area contributed by atoms with Crippen molar-refractivity contribution in [3.05, 3.63) is 58.8 Å². The summed E-state index contributed by atoms with van der Waals surface area (Å²) in [6.07, 6.45) is 0. The zero-order valence-corrected chi connectivity index (χ0v) is 13.4. The molecular weight excluding hydrogens is 320 g/mol. The fraction of sp³-hybridized carbons (Fsp3) is 0.100. The number of phenolic OH excluding ortho intramolecular Hbond substituents is 1. The molecule has 1 heterocycles. The van der Waals surface area contributed by atoms with E-state index in [-0.39, 0.29) is 40.3 Å². The Kier molecular flexibility index (Phi) is 3.42. The quantitative estimate of drug-likeness (QED) is 0.577. The molecule has 4 rings (SSSR count). The van der Waals surface area contributed by atoms with E-state index in [1.54, 1.807) is 12.1 Å². The number of Topliss-reactive ketones (excluding diaryl/α,β-unsaturated/α-hetero) is 1. The molecule has 0 amide bonds. The first-order chi connectivity index (χ1) is 12.0. The van der Waals surface area contributed by atoms with Gasteiger partial charge in [0.15, 0.2) is 5.78 Å². The highest BCUT2D eigenvalue weighted by molar-refractivity contribution is 6.00. The van der Waals surface area contributed by atoms with Crippen molar-refractivity contribution in [1.29, 1.82) is 0 Å². The summed E-state index contributed by atoms with van der Waals surface area (Å²) < 4.78 is 11.1. The minimum absolute atomic E-state index is 0.0953. The lowest BCUT2D eigenvalue weighted by atomic mass is 10.1. The third kappa shape index (κ3) is 2.59. The van der Waals surface area contributed by atoms with E-state index in [0.717, 1.165) is 10.8 Å². The number of rotatable bonds is 3. The van der Waals surface area contributed by atoms with Gasteiger partial charge in [0.05, 0.1) is 5.39 Å². The molecule has 1 aromatic heterocycles. The predicted octanol–water partition coefficient (Wildman–Crippen LogP) is 3.77. The van der Waals surface area contributed by atoms with Gasteiger partial charge in [-0.3, -0.25) is 9.59 Å². The van der Waals surface area contributed by atoms with Gasteiger partial charge in [0.2, 0.25) is 5.43 Å². The molecule has 5 nitrogen and oxygen atoms in total. The van der Waals surface area contributed by atoms with Gasteiger partial charge in [-0.1, -0.05) is 24.3 Å². The fourth-order valence-electron chi connectivity index (χ4n) is 2.89. The lowest BCUT2D eigenvalue weighted by molar-refractivity contribution is -0.118. The van der Waals surface area contributed by atoms with Gasteiger partial charge in [-0.05, 0) is 29.8 Å². The van der Waals surface area contributed by atoms with E-state index < -0.39 is 0 Å². The molecule has 0 saturated heterocycles. The third-order valence-electron chi connectivity index (χ3n) is 4.04. The lowest BCUT2D eigenvalue weighted by Gasteiger charge is -2.08. The Hall–Kier alpha value is -3.34. The first-order valence-electron chi connectivity index (χ1n) is 7.77. The molecule has 0 aliphatic rings. The van der Waals surface area contributed by atoms with Crippen LogP contribution in [0, 0.1) is 0 Å². The maximum Gasteiger partial charge on any atom is 0.204 e. The molecule has 5 heteroatoms. The Morgan fingerprint density at radius 1 is 1.08 bits per heavy atom. The SMILES string of the molecule is CC(=O)COc1cc(O)c2c(=O)c3cc4ccccc4cc3oc2c1. The summed E-state index contributed by atoms with van der Waals surface area (Å²) >= 11 is 0. The molecule has 0 spiro atoms. The molecule has 0 atom stereocenters. The van der Waals surface area contributed by atoms with Crippen LogP contribution in [-0.4, -0.2) is 17.5 Å². The Balaban J connectivity index is 2.00. The molecule has 0 saturated carbocycles. The van der Waals surface area contributed by atoms with E-state index in [1.807, 2.05) is 24.3 Å². The second-order valence-electron chi connectivity index (χ2n) is 5.93. The van der Waals surface area contributed by atoms with Crippen LogP contribution in [0.25, 0.3) is 32.7 Å². The molecule has 1 N–H and O–H groups in total. The van der Waals surface area contributed by atoms with Crippen molar-refractivity contribution in [3.63, 3.8) is 0 Å². The van der Waals surface area contributed by atoms with Crippen LogP contribution >= 0.6 is 0 Å². The lowest BCUT2D eigenvalue weighted by Crippen LogP contribution is -2.07. The average Bonchev–Trinajstić information content (AvgIpc) is 2.58. The van der Waals surface area contributed by atoms with Gasteiger partial charge in [0.25, 0.3) is 0 Å². The zero-order valence-electron chi connectivity index (χ0n) is 13.4. The van der Waals surface area contributed by atoms with Crippen LogP contribution in [0.3, 0.4) is 0 Å². The highest BCUT2D eigenvalue weighted by Gasteiger charge is 2.14. The zero-order chi connectivity index (χ0) is 17.6. The molecule has 0 unspecified atom stereocenters. The molecular formula is C20H14O5. The molecule has 3 aromatic carbocycles. The molecule has 0 aliphatic heterocycles. The van der Waals surface area contributed by atoms with Gasteiger partial charge < -0.3 is 14.3 Å². The van der Waals surface area contributed by atoms with Gasteiger partial charge in [-0.25, -0.2) is 0 Å². The van der Waals surface area contributed by atoms with Crippen molar-refractivity contribution in [2.24, 2.45) is 0 Å². The number of fused-ring (bicyclic) bond motifs is 3. The smallest absolute Gasteiger partial charge is 0.204 e. The first kappa shape index (κ1) is 15.2. The molecule has 124 valence electrons. The number of ketones is 1. The van der Waals surface area contributed by atoms with Crippen LogP contribution < -0.4 is 10.2 Å². The van der Waals surface area contributed by atoms with Crippen LogP contribution in [0.4, 0.5) is 0 Å². The molecule has 4 aromatic rings. The van der Waals surface area contributed by atoms with E-state index in [2.05, 4.69) is 0 Å². The normalized spacial score (nSPS) is 11.2. The van der Waals surface area contributed by atoms with Gasteiger partial charge in [0.1, 0.15) is 34.7 Å². The monoisotopic (exact) mass is 334 g/mol. The molecule has 0 aliphatic carbocycles. The number of hydrogen-bond donors (Lipinski definition) is 1. The minimum Gasteiger partial charge on any atom is -0.507 e.